The minimum Gasteiger partial charge on any atom is -0.445 e. The molecule has 0 saturated carbocycles. The van der Waals surface area contributed by atoms with Gasteiger partial charge in [0.25, 0.3) is 0 Å². The molecule has 3 aromatic carbocycles. The molecule has 4 rings (SSSR count). The van der Waals surface area contributed by atoms with Gasteiger partial charge in [-0.3, -0.25) is 0 Å². The SMILES string of the molecule is O=C(OCc1ccccc1)N(Cc1cccc2ccccc12)C[C@@H]1CCCN1. The van der Waals surface area contributed by atoms with Crippen LogP contribution >= 0.6 is 0 Å². The maximum absolute atomic E-state index is 12.9. The number of carbonyl (C=O) groups excluding carboxylic acids is 1. The van der Waals surface area contributed by atoms with Crippen molar-refractivity contribution in [3.63, 3.8) is 0 Å². The molecule has 0 unspecified atom stereocenters. The van der Waals surface area contributed by atoms with E-state index in [-0.39, 0.29) is 6.09 Å². The van der Waals surface area contributed by atoms with Crippen LogP contribution in [0.5, 0.6) is 0 Å². The first-order chi connectivity index (χ1) is 13.8. The second kappa shape index (κ2) is 8.89. The fourth-order valence-electron chi connectivity index (χ4n) is 3.83. The van der Waals surface area contributed by atoms with Crippen LogP contribution < -0.4 is 5.32 Å². The second-order valence-corrected chi connectivity index (χ2v) is 7.35. The molecule has 28 heavy (non-hydrogen) atoms. The Bertz CT molecular complexity index is 915. The molecule has 1 saturated heterocycles. The van der Waals surface area contributed by atoms with Crippen molar-refractivity contribution in [1.82, 2.24) is 10.2 Å². The highest BCUT2D eigenvalue weighted by molar-refractivity contribution is 5.86. The molecule has 4 heteroatoms. The number of rotatable bonds is 6. The van der Waals surface area contributed by atoms with Crippen LogP contribution in [0.3, 0.4) is 0 Å². The van der Waals surface area contributed by atoms with Crippen LogP contribution in [0.15, 0.2) is 72.8 Å². The predicted molar refractivity (Wildman–Crippen MR) is 112 cm³/mol. The lowest BCUT2D eigenvalue weighted by Gasteiger charge is -2.26. The Labute approximate surface area is 166 Å². The van der Waals surface area contributed by atoms with Gasteiger partial charge in [0.1, 0.15) is 6.61 Å². The minimum atomic E-state index is -0.259. The largest absolute Gasteiger partial charge is 0.445 e. The van der Waals surface area contributed by atoms with Crippen LogP contribution in [0.4, 0.5) is 4.79 Å². The molecule has 0 aromatic heterocycles. The summed E-state index contributed by atoms with van der Waals surface area (Å²) in [6, 6.07) is 24.7. The van der Waals surface area contributed by atoms with E-state index in [2.05, 4.69) is 35.6 Å². The summed E-state index contributed by atoms with van der Waals surface area (Å²) in [5.41, 5.74) is 2.15. The van der Waals surface area contributed by atoms with E-state index in [0.29, 0.717) is 25.7 Å². The van der Waals surface area contributed by atoms with Crippen molar-refractivity contribution < 1.29 is 9.53 Å². The van der Waals surface area contributed by atoms with Crippen LogP contribution in [0.1, 0.15) is 24.0 Å². The Balaban J connectivity index is 1.51. The summed E-state index contributed by atoms with van der Waals surface area (Å²) in [4.78, 5) is 14.8. The van der Waals surface area contributed by atoms with Crippen molar-refractivity contribution in [2.45, 2.75) is 32.0 Å². The standard InChI is InChI=1S/C24H26N2O2/c27-24(28-18-19-8-2-1-3-9-19)26(17-22-13-7-15-25-22)16-21-12-6-11-20-10-4-5-14-23(20)21/h1-6,8-12,14,22,25H,7,13,15-18H2/t22-/m0/s1. The quantitative estimate of drug-likeness (QED) is 0.678. The van der Waals surface area contributed by atoms with Crippen LogP contribution in [0.25, 0.3) is 10.8 Å². The first-order valence-corrected chi connectivity index (χ1v) is 9.95. The molecule has 144 valence electrons. The topological polar surface area (TPSA) is 41.6 Å². The highest BCUT2D eigenvalue weighted by Gasteiger charge is 2.23. The van der Waals surface area contributed by atoms with E-state index >= 15 is 0 Å². The van der Waals surface area contributed by atoms with Gasteiger partial charge in [-0.2, -0.15) is 0 Å². The molecule has 1 aliphatic rings. The number of nitrogens with zero attached hydrogens (tertiary/aromatic N) is 1. The molecule has 0 radical (unpaired) electrons. The number of benzene rings is 3. The molecule has 1 heterocycles. The number of nitrogens with one attached hydrogen (secondary N) is 1. The third kappa shape index (κ3) is 4.52. The van der Waals surface area contributed by atoms with E-state index in [0.717, 1.165) is 30.5 Å². The molecule has 1 N–H and O–H groups in total. The van der Waals surface area contributed by atoms with Crippen molar-refractivity contribution in [3.05, 3.63) is 83.9 Å². The van der Waals surface area contributed by atoms with E-state index in [1.165, 1.54) is 10.8 Å². The molecule has 0 spiro atoms. The normalized spacial score (nSPS) is 16.2. The minimum absolute atomic E-state index is 0.259. The predicted octanol–water partition coefficient (Wildman–Crippen LogP) is 4.73. The Morgan fingerprint density at radius 3 is 2.61 bits per heavy atom. The summed E-state index contributed by atoms with van der Waals surface area (Å²) < 4.78 is 5.64. The summed E-state index contributed by atoms with van der Waals surface area (Å²) >= 11 is 0. The van der Waals surface area contributed by atoms with Gasteiger partial charge in [-0.05, 0) is 41.3 Å². The highest BCUT2D eigenvalue weighted by atomic mass is 16.6. The fourth-order valence-corrected chi connectivity index (χ4v) is 3.83. The van der Waals surface area contributed by atoms with Crippen LogP contribution in [-0.2, 0) is 17.9 Å². The van der Waals surface area contributed by atoms with E-state index < -0.39 is 0 Å². The molecule has 1 atom stereocenters. The number of ether oxygens (including phenoxy) is 1. The van der Waals surface area contributed by atoms with Crippen molar-refractivity contribution >= 4 is 16.9 Å². The van der Waals surface area contributed by atoms with Crippen LogP contribution in [0.2, 0.25) is 0 Å². The summed E-state index contributed by atoms with van der Waals surface area (Å²) in [6.45, 7) is 2.53. The fraction of sp³-hybridized carbons (Fsp3) is 0.292. The Morgan fingerprint density at radius 1 is 1.00 bits per heavy atom. The lowest BCUT2D eigenvalue weighted by atomic mass is 10.0. The Morgan fingerprint density at radius 2 is 1.79 bits per heavy atom. The van der Waals surface area contributed by atoms with Crippen LogP contribution in [-0.4, -0.2) is 30.1 Å². The van der Waals surface area contributed by atoms with Gasteiger partial charge < -0.3 is 15.0 Å². The average molecular weight is 374 g/mol. The van der Waals surface area contributed by atoms with Crippen molar-refractivity contribution in [3.8, 4) is 0 Å². The monoisotopic (exact) mass is 374 g/mol. The summed E-state index contributed by atoms with van der Waals surface area (Å²) in [7, 11) is 0. The molecule has 1 fully saturated rings. The van der Waals surface area contributed by atoms with Crippen LogP contribution in [0, 0.1) is 0 Å². The van der Waals surface area contributed by atoms with Gasteiger partial charge in [0.15, 0.2) is 0 Å². The summed E-state index contributed by atoms with van der Waals surface area (Å²) in [6.07, 6.45) is 2.00. The van der Waals surface area contributed by atoms with Gasteiger partial charge in [-0.25, -0.2) is 4.79 Å². The molecule has 3 aromatic rings. The zero-order chi connectivity index (χ0) is 19.2. The zero-order valence-corrected chi connectivity index (χ0v) is 16.0. The summed E-state index contributed by atoms with van der Waals surface area (Å²) in [5, 5.41) is 5.87. The maximum Gasteiger partial charge on any atom is 0.410 e. The molecule has 4 nitrogen and oxygen atoms in total. The molecule has 1 amide bonds. The maximum atomic E-state index is 12.9. The molecule has 1 aliphatic heterocycles. The van der Waals surface area contributed by atoms with Gasteiger partial charge in [-0.15, -0.1) is 0 Å². The number of hydrogen-bond donors (Lipinski definition) is 1. The first-order valence-electron chi connectivity index (χ1n) is 9.95. The lowest BCUT2D eigenvalue weighted by Crippen LogP contribution is -2.41. The van der Waals surface area contributed by atoms with Gasteiger partial charge >= 0.3 is 6.09 Å². The lowest BCUT2D eigenvalue weighted by molar-refractivity contribution is 0.0907. The first kappa shape index (κ1) is 18.5. The van der Waals surface area contributed by atoms with Gasteiger partial charge in [0.05, 0.1) is 0 Å². The Kier molecular flexibility index (Phi) is 5.88. The Hall–Kier alpha value is -2.85. The highest BCUT2D eigenvalue weighted by Crippen LogP contribution is 2.21. The molecule has 0 bridgehead atoms. The molecular weight excluding hydrogens is 348 g/mol. The third-order valence-electron chi connectivity index (χ3n) is 5.31. The number of fused-ring (bicyclic) bond motifs is 1. The van der Waals surface area contributed by atoms with Gasteiger partial charge in [0.2, 0.25) is 0 Å². The second-order valence-electron chi connectivity index (χ2n) is 7.35. The zero-order valence-electron chi connectivity index (χ0n) is 16.0. The van der Waals surface area contributed by atoms with E-state index in [1.54, 1.807) is 0 Å². The van der Waals surface area contributed by atoms with Crippen molar-refractivity contribution in [2.75, 3.05) is 13.1 Å². The van der Waals surface area contributed by atoms with Crippen molar-refractivity contribution in [2.24, 2.45) is 0 Å². The number of carbonyl (C=O) groups is 1. The summed E-state index contributed by atoms with van der Waals surface area (Å²) in [5.74, 6) is 0. The third-order valence-corrected chi connectivity index (χ3v) is 5.31. The van der Waals surface area contributed by atoms with Gasteiger partial charge in [-0.1, -0.05) is 72.8 Å². The van der Waals surface area contributed by atoms with E-state index in [4.69, 9.17) is 4.74 Å². The molecule has 0 aliphatic carbocycles. The van der Waals surface area contributed by atoms with Crippen molar-refractivity contribution in [1.29, 1.82) is 0 Å². The van der Waals surface area contributed by atoms with E-state index in [9.17, 15) is 4.79 Å². The smallest absolute Gasteiger partial charge is 0.410 e. The number of amides is 1. The average Bonchev–Trinajstić information content (AvgIpc) is 3.26. The number of hydrogen-bond acceptors (Lipinski definition) is 3. The van der Waals surface area contributed by atoms with Gasteiger partial charge in [0, 0.05) is 19.1 Å². The molecular formula is C24H26N2O2. The van der Waals surface area contributed by atoms with E-state index in [1.807, 2.05) is 47.4 Å².